The smallest absolute Gasteiger partial charge is 0.193 e. The van der Waals surface area contributed by atoms with Crippen LogP contribution in [0.3, 0.4) is 0 Å². The van der Waals surface area contributed by atoms with E-state index < -0.39 is 0 Å². The van der Waals surface area contributed by atoms with E-state index in [0.717, 1.165) is 32.2 Å². The second-order valence-corrected chi connectivity index (χ2v) is 5.67. The lowest BCUT2D eigenvalue weighted by Crippen LogP contribution is -2.64. The second-order valence-electron chi connectivity index (χ2n) is 5.67. The molecule has 1 aliphatic heterocycles. The summed E-state index contributed by atoms with van der Waals surface area (Å²) in [6.45, 7) is 3.98. The fraction of sp³-hybridized carbons (Fsp3) is 1.00. The standard InChI is InChI=1S/C14H28N2O2/c1-17-14(18-2)11-16(12-14)10-9-15-13-7-5-3-4-6-8-13/h13,15H,3-12H2,1-2H3. The molecule has 0 aromatic heterocycles. The van der Waals surface area contributed by atoms with Gasteiger partial charge in [0.25, 0.3) is 0 Å². The second kappa shape index (κ2) is 6.85. The van der Waals surface area contributed by atoms with Crippen LogP contribution >= 0.6 is 0 Å². The minimum atomic E-state index is -0.331. The van der Waals surface area contributed by atoms with E-state index in [4.69, 9.17) is 9.47 Å². The van der Waals surface area contributed by atoms with Crippen molar-refractivity contribution in [3.63, 3.8) is 0 Å². The molecular formula is C14H28N2O2. The molecule has 18 heavy (non-hydrogen) atoms. The molecule has 1 saturated carbocycles. The lowest BCUT2D eigenvalue weighted by molar-refractivity contribution is -0.274. The van der Waals surface area contributed by atoms with Crippen molar-refractivity contribution in [2.24, 2.45) is 0 Å². The number of hydrogen-bond donors (Lipinski definition) is 1. The highest BCUT2D eigenvalue weighted by molar-refractivity contribution is 4.89. The number of methoxy groups -OCH3 is 2. The summed E-state index contributed by atoms with van der Waals surface area (Å²) in [5, 5.41) is 3.70. The van der Waals surface area contributed by atoms with E-state index in [2.05, 4.69) is 10.2 Å². The first kappa shape index (κ1) is 14.3. The third-order valence-corrected chi connectivity index (χ3v) is 4.39. The van der Waals surface area contributed by atoms with Crippen LogP contribution in [0.5, 0.6) is 0 Å². The number of rotatable bonds is 6. The van der Waals surface area contributed by atoms with Gasteiger partial charge in [-0.3, -0.25) is 4.90 Å². The molecule has 0 radical (unpaired) electrons. The van der Waals surface area contributed by atoms with Crippen LogP contribution in [0.15, 0.2) is 0 Å². The van der Waals surface area contributed by atoms with Gasteiger partial charge in [-0.15, -0.1) is 0 Å². The molecule has 1 saturated heterocycles. The van der Waals surface area contributed by atoms with Crippen molar-refractivity contribution < 1.29 is 9.47 Å². The molecule has 0 spiro atoms. The molecule has 4 nitrogen and oxygen atoms in total. The summed E-state index contributed by atoms with van der Waals surface area (Å²) in [6.07, 6.45) is 8.37. The quantitative estimate of drug-likeness (QED) is 0.578. The monoisotopic (exact) mass is 256 g/mol. The van der Waals surface area contributed by atoms with Crippen molar-refractivity contribution >= 4 is 0 Å². The summed E-state index contributed by atoms with van der Waals surface area (Å²) in [7, 11) is 3.45. The highest BCUT2D eigenvalue weighted by atomic mass is 16.7. The Morgan fingerprint density at radius 1 is 1.06 bits per heavy atom. The largest absolute Gasteiger partial charge is 0.351 e. The van der Waals surface area contributed by atoms with Crippen molar-refractivity contribution in [1.82, 2.24) is 10.2 Å². The predicted octanol–water partition coefficient (Wildman–Crippen LogP) is 1.60. The maximum absolute atomic E-state index is 5.38. The minimum Gasteiger partial charge on any atom is -0.351 e. The van der Waals surface area contributed by atoms with Gasteiger partial charge < -0.3 is 14.8 Å². The van der Waals surface area contributed by atoms with Gasteiger partial charge >= 0.3 is 0 Å². The fourth-order valence-corrected chi connectivity index (χ4v) is 3.04. The van der Waals surface area contributed by atoms with Crippen LogP contribution in [0.4, 0.5) is 0 Å². The predicted molar refractivity (Wildman–Crippen MR) is 72.7 cm³/mol. The van der Waals surface area contributed by atoms with Gasteiger partial charge in [0.05, 0.1) is 13.1 Å². The van der Waals surface area contributed by atoms with Crippen LogP contribution in [0.1, 0.15) is 38.5 Å². The summed E-state index contributed by atoms with van der Waals surface area (Å²) in [4.78, 5) is 2.39. The number of nitrogens with one attached hydrogen (secondary N) is 1. The first-order chi connectivity index (χ1) is 8.78. The third-order valence-electron chi connectivity index (χ3n) is 4.39. The average molecular weight is 256 g/mol. The van der Waals surface area contributed by atoms with Crippen LogP contribution in [0, 0.1) is 0 Å². The van der Waals surface area contributed by atoms with Crippen molar-refractivity contribution in [2.45, 2.75) is 50.4 Å². The van der Waals surface area contributed by atoms with E-state index in [-0.39, 0.29) is 5.79 Å². The Morgan fingerprint density at radius 2 is 1.67 bits per heavy atom. The molecule has 106 valence electrons. The van der Waals surface area contributed by atoms with Gasteiger partial charge in [0.1, 0.15) is 0 Å². The Kier molecular flexibility index (Phi) is 5.42. The van der Waals surface area contributed by atoms with E-state index in [1.54, 1.807) is 14.2 Å². The molecule has 1 heterocycles. The van der Waals surface area contributed by atoms with E-state index in [9.17, 15) is 0 Å². The lowest BCUT2D eigenvalue weighted by atomic mass is 10.1. The van der Waals surface area contributed by atoms with Crippen LogP contribution in [-0.4, -0.2) is 57.1 Å². The van der Waals surface area contributed by atoms with E-state index in [1.165, 1.54) is 38.5 Å². The summed E-state index contributed by atoms with van der Waals surface area (Å²) in [5.74, 6) is -0.331. The highest BCUT2D eigenvalue weighted by Gasteiger charge is 2.43. The Bertz CT molecular complexity index is 228. The van der Waals surface area contributed by atoms with E-state index >= 15 is 0 Å². The Hall–Kier alpha value is -0.160. The molecule has 0 aromatic rings. The maximum atomic E-state index is 5.38. The third kappa shape index (κ3) is 3.67. The van der Waals surface area contributed by atoms with Crippen LogP contribution in [-0.2, 0) is 9.47 Å². The lowest BCUT2D eigenvalue weighted by Gasteiger charge is -2.47. The summed E-state index contributed by atoms with van der Waals surface area (Å²) in [5.41, 5.74) is 0. The van der Waals surface area contributed by atoms with Gasteiger partial charge in [0.15, 0.2) is 5.79 Å². The number of hydrogen-bond acceptors (Lipinski definition) is 4. The van der Waals surface area contributed by atoms with E-state index in [1.807, 2.05) is 0 Å². The van der Waals surface area contributed by atoms with E-state index in [0.29, 0.717) is 0 Å². The Balaban J connectivity index is 1.56. The molecule has 0 unspecified atom stereocenters. The van der Waals surface area contributed by atoms with Gasteiger partial charge in [-0.1, -0.05) is 25.7 Å². The molecule has 2 rings (SSSR count). The molecule has 0 aromatic carbocycles. The topological polar surface area (TPSA) is 33.7 Å². The Morgan fingerprint density at radius 3 is 2.22 bits per heavy atom. The van der Waals surface area contributed by atoms with Crippen LogP contribution in [0.25, 0.3) is 0 Å². The zero-order chi connectivity index (χ0) is 12.8. The van der Waals surface area contributed by atoms with Crippen molar-refractivity contribution in [3.05, 3.63) is 0 Å². The maximum Gasteiger partial charge on any atom is 0.193 e. The Labute approximate surface area is 111 Å². The molecule has 0 amide bonds. The van der Waals surface area contributed by atoms with Gasteiger partial charge in [-0.2, -0.15) is 0 Å². The van der Waals surface area contributed by atoms with Crippen LogP contribution < -0.4 is 5.32 Å². The van der Waals surface area contributed by atoms with Gasteiger partial charge in [-0.25, -0.2) is 0 Å². The van der Waals surface area contributed by atoms with Crippen molar-refractivity contribution in [3.8, 4) is 0 Å². The number of ether oxygens (including phenoxy) is 2. The number of likely N-dealkylation sites (tertiary alicyclic amines) is 1. The van der Waals surface area contributed by atoms with Gasteiger partial charge in [0.2, 0.25) is 0 Å². The summed E-state index contributed by atoms with van der Waals surface area (Å²) in [6, 6.07) is 0.753. The molecular weight excluding hydrogens is 228 g/mol. The van der Waals surface area contributed by atoms with Gasteiger partial charge in [0, 0.05) is 33.4 Å². The molecule has 2 aliphatic rings. The first-order valence-electron chi connectivity index (χ1n) is 7.34. The number of nitrogens with zero attached hydrogens (tertiary/aromatic N) is 1. The average Bonchev–Trinajstić information content (AvgIpc) is 2.61. The fourth-order valence-electron chi connectivity index (χ4n) is 3.04. The SMILES string of the molecule is COC1(OC)CN(CCNC2CCCCCC2)C1. The molecule has 4 heteroatoms. The zero-order valence-corrected chi connectivity index (χ0v) is 11.9. The molecule has 2 fully saturated rings. The van der Waals surface area contributed by atoms with Crippen molar-refractivity contribution in [2.75, 3.05) is 40.4 Å². The first-order valence-corrected chi connectivity index (χ1v) is 7.34. The molecule has 0 bridgehead atoms. The minimum absolute atomic E-state index is 0.331. The summed E-state index contributed by atoms with van der Waals surface area (Å²) < 4.78 is 10.8. The normalized spacial score (nSPS) is 25.7. The molecule has 1 N–H and O–H groups in total. The molecule has 1 aliphatic carbocycles. The zero-order valence-electron chi connectivity index (χ0n) is 11.9. The van der Waals surface area contributed by atoms with Gasteiger partial charge in [-0.05, 0) is 12.8 Å². The van der Waals surface area contributed by atoms with Crippen LogP contribution in [0.2, 0.25) is 0 Å². The summed E-state index contributed by atoms with van der Waals surface area (Å²) >= 11 is 0. The highest BCUT2D eigenvalue weighted by Crippen LogP contribution is 2.24. The van der Waals surface area contributed by atoms with Crippen molar-refractivity contribution in [1.29, 1.82) is 0 Å². The molecule has 0 atom stereocenters.